The molecule has 0 aromatic carbocycles. The lowest BCUT2D eigenvalue weighted by atomic mass is 9.96. The van der Waals surface area contributed by atoms with E-state index < -0.39 is 0 Å². The van der Waals surface area contributed by atoms with E-state index in [2.05, 4.69) is 30.6 Å². The van der Waals surface area contributed by atoms with E-state index in [9.17, 15) is 5.11 Å². The van der Waals surface area contributed by atoms with Crippen LogP contribution in [0.5, 0.6) is 0 Å². The number of β-amino-alcohol motifs (C(OH)–C–C–N with tert-alkyl or cyclic N) is 1. The van der Waals surface area contributed by atoms with E-state index in [4.69, 9.17) is 0 Å². The number of hydrogen-bond donors (Lipinski definition) is 1. The van der Waals surface area contributed by atoms with Gasteiger partial charge in [-0.05, 0) is 32.2 Å². The number of rotatable bonds is 3. The summed E-state index contributed by atoms with van der Waals surface area (Å²) >= 11 is 0. The van der Waals surface area contributed by atoms with Gasteiger partial charge >= 0.3 is 0 Å². The van der Waals surface area contributed by atoms with E-state index in [1.165, 1.54) is 32.4 Å². The number of nitrogens with zero attached hydrogens (tertiary/aromatic N) is 2. The van der Waals surface area contributed by atoms with Gasteiger partial charge < -0.3 is 5.11 Å². The Balaban J connectivity index is 1.90. The second kappa shape index (κ2) is 5.68. The quantitative estimate of drug-likeness (QED) is 0.811. The summed E-state index contributed by atoms with van der Waals surface area (Å²) in [6.07, 6.45) is 3.93. The van der Waals surface area contributed by atoms with Gasteiger partial charge in [0.1, 0.15) is 0 Å². The molecule has 3 unspecified atom stereocenters. The first-order valence-corrected chi connectivity index (χ1v) is 7.24. The van der Waals surface area contributed by atoms with E-state index in [-0.39, 0.29) is 6.10 Å². The normalized spacial score (nSPS) is 33.7. The lowest BCUT2D eigenvalue weighted by Gasteiger charge is -2.48. The van der Waals surface area contributed by atoms with Crippen molar-refractivity contribution in [2.75, 3.05) is 26.2 Å². The Morgan fingerprint density at radius 3 is 2.71 bits per heavy atom. The van der Waals surface area contributed by atoms with Gasteiger partial charge in [0.05, 0.1) is 6.10 Å². The summed E-state index contributed by atoms with van der Waals surface area (Å²) in [4.78, 5) is 5.16. The minimum atomic E-state index is -0.174. The van der Waals surface area contributed by atoms with Crippen LogP contribution in [0.1, 0.15) is 40.0 Å². The molecule has 1 N–H and O–H groups in total. The van der Waals surface area contributed by atoms with Crippen LogP contribution < -0.4 is 0 Å². The van der Waals surface area contributed by atoms with E-state index in [0.29, 0.717) is 12.0 Å². The summed E-state index contributed by atoms with van der Waals surface area (Å²) in [5, 5.41) is 10.0. The van der Waals surface area contributed by atoms with Crippen molar-refractivity contribution in [3.05, 3.63) is 0 Å². The summed E-state index contributed by atoms with van der Waals surface area (Å²) in [6.45, 7) is 11.0. The number of hydrogen-bond acceptors (Lipinski definition) is 3. The minimum Gasteiger partial charge on any atom is -0.392 e. The fourth-order valence-electron chi connectivity index (χ4n) is 3.12. The van der Waals surface area contributed by atoms with Crippen LogP contribution >= 0.6 is 0 Å². The van der Waals surface area contributed by atoms with Gasteiger partial charge in [-0.3, -0.25) is 9.80 Å². The molecule has 0 aliphatic carbocycles. The van der Waals surface area contributed by atoms with Crippen LogP contribution in [0.25, 0.3) is 0 Å². The fourth-order valence-corrected chi connectivity index (χ4v) is 3.12. The highest BCUT2D eigenvalue weighted by Gasteiger charge is 2.33. The maximum absolute atomic E-state index is 10.0. The van der Waals surface area contributed by atoms with Gasteiger partial charge in [0, 0.05) is 31.7 Å². The third kappa shape index (κ3) is 3.21. The minimum absolute atomic E-state index is 0.174. The molecule has 3 atom stereocenters. The standard InChI is InChI=1S/C14H28N2O/c1-11(2)14(17)10-16-9-13-6-4-5-7-15(13)8-12(16)3/h11-14,17H,4-10H2,1-3H3. The van der Waals surface area contributed by atoms with E-state index in [1.54, 1.807) is 0 Å². The number of piperidine rings is 1. The Bertz CT molecular complexity index is 244. The Hall–Kier alpha value is -0.120. The molecule has 2 aliphatic rings. The number of aliphatic hydroxyl groups excluding tert-OH is 1. The summed E-state index contributed by atoms with van der Waals surface area (Å²) in [7, 11) is 0. The Kier molecular flexibility index (Phi) is 4.45. The van der Waals surface area contributed by atoms with Crippen molar-refractivity contribution >= 4 is 0 Å². The molecule has 0 amide bonds. The Morgan fingerprint density at radius 1 is 1.24 bits per heavy atom. The average molecular weight is 240 g/mol. The van der Waals surface area contributed by atoms with Crippen molar-refractivity contribution in [3.8, 4) is 0 Å². The van der Waals surface area contributed by atoms with Crippen LogP contribution in [-0.2, 0) is 0 Å². The van der Waals surface area contributed by atoms with Crippen LogP contribution in [-0.4, -0.2) is 59.3 Å². The lowest BCUT2D eigenvalue weighted by molar-refractivity contribution is -0.0156. The van der Waals surface area contributed by atoms with Crippen molar-refractivity contribution in [1.29, 1.82) is 0 Å². The van der Waals surface area contributed by atoms with Crippen molar-refractivity contribution in [3.63, 3.8) is 0 Å². The second-order valence-corrected chi connectivity index (χ2v) is 6.26. The summed E-state index contributed by atoms with van der Waals surface area (Å²) < 4.78 is 0. The molecule has 100 valence electrons. The van der Waals surface area contributed by atoms with E-state index in [1.807, 2.05) is 0 Å². The first-order valence-electron chi connectivity index (χ1n) is 7.24. The van der Waals surface area contributed by atoms with Gasteiger partial charge in [0.25, 0.3) is 0 Å². The van der Waals surface area contributed by atoms with Crippen LogP contribution in [0.2, 0.25) is 0 Å². The molecule has 2 aliphatic heterocycles. The molecule has 2 heterocycles. The molecule has 3 nitrogen and oxygen atoms in total. The Morgan fingerprint density at radius 2 is 2.00 bits per heavy atom. The molecular formula is C14H28N2O. The van der Waals surface area contributed by atoms with Crippen LogP contribution in [0.4, 0.5) is 0 Å². The summed E-state index contributed by atoms with van der Waals surface area (Å²) in [6, 6.07) is 1.34. The van der Waals surface area contributed by atoms with Gasteiger partial charge in [0.15, 0.2) is 0 Å². The third-order valence-electron chi connectivity index (χ3n) is 4.51. The number of piperazine rings is 1. The summed E-state index contributed by atoms with van der Waals surface area (Å²) in [5.41, 5.74) is 0. The average Bonchev–Trinajstić information content (AvgIpc) is 2.29. The monoisotopic (exact) mass is 240 g/mol. The summed E-state index contributed by atoms with van der Waals surface area (Å²) in [5.74, 6) is 0.367. The second-order valence-electron chi connectivity index (χ2n) is 6.26. The van der Waals surface area contributed by atoms with Crippen molar-refractivity contribution in [2.24, 2.45) is 5.92 Å². The maximum Gasteiger partial charge on any atom is 0.0690 e. The topological polar surface area (TPSA) is 26.7 Å². The van der Waals surface area contributed by atoms with Gasteiger partial charge in [-0.2, -0.15) is 0 Å². The zero-order valence-corrected chi connectivity index (χ0v) is 11.6. The number of fused-ring (bicyclic) bond motifs is 1. The fraction of sp³-hybridized carbons (Fsp3) is 1.00. The van der Waals surface area contributed by atoms with Gasteiger partial charge in [-0.25, -0.2) is 0 Å². The maximum atomic E-state index is 10.0. The predicted octanol–water partition coefficient (Wildman–Crippen LogP) is 1.56. The molecule has 0 bridgehead atoms. The first kappa shape index (κ1) is 13.3. The zero-order valence-electron chi connectivity index (χ0n) is 11.6. The van der Waals surface area contributed by atoms with Crippen LogP contribution in [0.3, 0.4) is 0 Å². The molecule has 0 aromatic heterocycles. The van der Waals surface area contributed by atoms with Crippen molar-refractivity contribution < 1.29 is 5.11 Å². The molecular weight excluding hydrogens is 212 g/mol. The molecule has 0 spiro atoms. The third-order valence-corrected chi connectivity index (χ3v) is 4.51. The molecule has 0 radical (unpaired) electrons. The highest BCUT2D eigenvalue weighted by atomic mass is 16.3. The van der Waals surface area contributed by atoms with Gasteiger partial charge in [0.2, 0.25) is 0 Å². The van der Waals surface area contributed by atoms with Crippen molar-refractivity contribution in [2.45, 2.75) is 58.2 Å². The highest BCUT2D eigenvalue weighted by Crippen LogP contribution is 2.24. The van der Waals surface area contributed by atoms with E-state index >= 15 is 0 Å². The lowest BCUT2D eigenvalue weighted by Crippen LogP contribution is -2.60. The SMILES string of the molecule is CC(C)C(O)CN1CC2CCCCN2CC1C. The molecule has 0 saturated carbocycles. The highest BCUT2D eigenvalue weighted by molar-refractivity contribution is 4.89. The first-order chi connectivity index (χ1) is 8.08. The molecule has 2 saturated heterocycles. The zero-order chi connectivity index (χ0) is 12.4. The Labute approximate surface area is 106 Å². The number of aliphatic hydroxyl groups is 1. The molecule has 2 fully saturated rings. The molecule has 3 heteroatoms. The predicted molar refractivity (Wildman–Crippen MR) is 71.1 cm³/mol. The van der Waals surface area contributed by atoms with Gasteiger partial charge in [-0.15, -0.1) is 0 Å². The molecule has 17 heavy (non-hydrogen) atoms. The van der Waals surface area contributed by atoms with Gasteiger partial charge in [-0.1, -0.05) is 20.3 Å². The largest absolute Gasteiger partial charge is 0.392 e. The van der Waals surface area contributed by atoms with E-state index in [0.717, 1.165) is 19.1 Å². The smallest absolute Gasteiger partial charge is 0.0690 e. The molecule has 0 aromatic rings. The molecule has 2 rings (SSSR count). The van der Waals surface area contributed by atoms with Crippen LogP contribution in [0, 0.1) is 5.92 Å². The van der Waals surface area contributed by atoms with Crippen molar-refractivity contribution in [1.82, 2.24) is 9.80 Å². The van der Waals surface area contributed by atoms with Crippen LogP contribution in [0.15, 0.2) is 0 Å².